The van der Waals surface area contributed by atoms with Crippen molar-refractivity contribution in [1.82, 2.24) is 0 Å². The van der Waals surface area contributed by atoms with E-state index >= 15 is 0 Å². The van der Waals surface area contributed by atoms with Crippen LogP contribution in [-0.2, 0) is 6.54 Å². The zero-order valence-corrected chi connectivity index (χ0v) is 13.3. The first-order valence-electron chi connectivity index (χ1n) is 6.48. The molecule has 2 rings (SSSR count). The SMILES string of the molecule is C#CCOc1ccc(Br)cc1CNc1ccc(O)c(C)c1. The molecule has 0 amide bonds. The van der Waals surface area contributed by atoms with Gasteiger partial charge in [-0.3, -0.25) is 0 Å². The van der Waals surface area contributed by atoms with Crippen LogP contribution in [0.5, 0.6) is 11.5 Å². The quantitative estimate of drug-likeness (QED) is 0.633. The third-order valence-electron chi connectivity index (χ3n) is 3.01. The largest absolute Gasteiger partial charge is 0.508 e. The van der Waals surface area contributed by atoms with E-state index in [-0.39, 0.29) is 6.61 Å². The summed E-state index contributed by atoms with van der Waals surface area (Å²) in [6, 6.07) is 11.2. The second-order valence-corrected chi connectivity index (χ2v) is 5.52. The number of nitrogens with one attached hydrogen (secondary N) is 1. The van der Waals surface area contributed by atoms with Gasteiger partial charge in [0.1, 0.15) is 18.1 Å². The fourth-order valence-electron chi connectivity index (χ4n) is 1.91. The summed E-state index contributed by atoms with van der Waals surface area (Å²) < 4.78 is 6.52. The number of benzene rings is 2. The molecule has 0 aliphatic rings. The number of halogens is 1. The Morgan fingerprint density at radius 3 is 2.81 bits per heavy atom. The maximum absolute atomic E-state index is 9.53. The molecule has 0 saturated heterocycles. The van der Waals surface area contributed by atoms with Gasteiger partial charge in [0.2, 0.25) is 0 Å². The van der Waals surface area contributed by atoms with E-state index in [0.29, 0.717) is 12.3 Å². The molecule has 0 atom stereocenters. The molecule has 0 aliphatic heterocycles. The zero-order chi connectivity index (χ0) is 15.2. The van der Waals surface area contributed by atoms with Crippen molar-refractivity contribution in [3.05, 3.63) is 52.0 Å². The highest BCUT2D eigenvalue weighted by atomic mass is 79.9. The highest BCUT2D eigenvalue weighted by Crippen LogP contribution is 2.25. The number of hydrogen-bond acceptors (Lipinski definition) is 3. The Morgan fingerprint density at radius 2 is 2.10 bits per heavy atom. The summed E-state index contributed by atoms with van der Waals surface area (Å²) in [6.07, 6.45) is 5.23. The van der Waals surface area contributed by atoms with Gasteiger partial charge in [0.05, 0.1) is 0 Å². The molecule has 0 radical (unpaired) electrons. The number of aromatic hydroxyl groups is 1. The molecule has 3 nitrogen and oxygen atoms in total. The number of terminal acetylenes is 1. The van der Waals surface area contributed by atoms with Crippen LogP contribution in [0.15, 0.2) is 40.9 Å². The van der Waals surface area contributed by atoms with Crippen molar-refractivity contribution < 1.29 is 9.84 Å². The van der Waals surface area contributed by atoms with Crippen molar-refractivity contribution in [3.63, 3.8) is 0 Å². The Kier molecular flexibility index (Phi) is 5.13. The van der Waals surface area contributed by atoms with Crippen LogP contribution in [0.3, 0.4) is 0 Å². The normalized spacial score (nSPS) is 9.95. The van der Waals surface area contributed by atoms with E-state index in [2.05, 4.69) is 27.2 Å². The number of hydrogen-bond donors (Lipinski definition) is 2. The highest BCUT2D eigenvalue weighted by molar-refractivity contribution is 9.10. The van der Waals surface area contributed by atoms with Crippen LogP contribution in [0.25, 0.3) is 0 Å². The van der Waals surface area contributed by atoms with Gasteiger partial charge in [-0.1, -0.05) is 21.9 Å². The van der Waals surface area contributed by atoms with E-state index in [4.69, 9.17) is 11.2 Å². The first kappa shape index (κ1) is 15.3. The van der Waals surface area contributed by atoms with Crippen LogP contribution in [0, 0.1) is 19.3 Å². The summed E-state index contributed by atoms with van der Waals surface area (Å²) in [5.41, 5.74) is 2.77. The number of anilines is 1. The van der Waals surface area contributed by atoms with Gasteiger partial charge in [0.25, 0.3) is 0 Å². The predicted molar refractivity (Wildman–Crippen MR) is 88.6 cm³/mol. The molecule has 4 heteroatoms. The third kappa shape index (κ3) is 4.17. The lowest BCUT2D eigenvalue weighted by Gasteiger charge is -2.13. The molecule has 0 saturated carbocycles. The molecule has 0 aromatic heterocycles. The minimum Gasteiger partial charge on any atom is -0.508 e. The summed E-state index contributed by atoms with van der Waals surface area (Å²) in [6.45, 7) is 2.71. The molecule has 108 valence electrons. The first-order chi connectivity index (χ1) is 10.1. The van der Waals surface area contributed by atoms with E-state index in [0.717, 1.165) is 27.0 Å². The number of phenolic OH excluding ortho intramolecular Hbond substituents is 1. The van der Waals surface area contributed by atoms with Crippen LogP contribution in [0.4, 0.5) is 5.69 Å². The van der Waals surface area contributed by atoms with Gasteiger partial charge < -0.3 is 15.2 Å². The Balaban J connectivity index is 2.13. The second-order valence-electron chi connectivity index (χ2n) is 4.60. The number of phenols is 1. The average Bonchev–Trinajstić information content (AvgIpc) is 2.47. The Hall–Kier alpha value is -2.12. The van der Waals surface area contributed by atoms with Crippen LogP contribution < -0.4 is 10.1 Å². The van der Waals surface area contributed by atoms with Crippen molar-refractivity contribution in [2.75, 3.05) is 11.9 Å². The summed E-state index contributed by atoms with van der Waals surface area (Å²) >= 11 is 3.46. The number of ether oxygens (including phenoxy) is 1. The van der Waals surface area contributed by atoms with Crippen molar-refractivity contribution in [3.8, 4) is 23.8 Å². The minimum absolute atomic E-state index is 0.243. The van der Waals surface area contributed by atoms with Crippen molar-refractivity contribution in [2.45, 2.75) is 13.5 Å². The summed E-state index contributed by atoms with van der Waals surface area (Å²) in [5, 5.41) is 12.8. The van der Waals surface area contributed by atoms with Crippen molar-refractivity contribution in [2.24, 2.45) is 0 Å². The standard InChI is InChI=1S/C17H16BrNO2/c1-3-8-21-17-7-4-14(18)10-13(17)11-19-15-5-6-16(20)12(2)9-15/h1,4-7,9-10,19-20H,8,11H2,2H3. The van der Waals surface area contributed by atoms with Crippen LogP contribution in [-0.4, -0.2) is 11.7 Å². The molecule has 0 aliphatic carbocycles. The lowest BCUT2D eigenvalue weighted by molar-refractivity contribution is 0.366. The van der Waals surface area contributed by atoms with E-state index in [1.165, 1.54) is 0 Å². The lowest BCUT2D eigenvalue weighted by Crippen LogP contribution is -2.04. The Labute approximate surface area is 133 Å². The van der Waals surface area contributed by atoms with Gasteiger partial charge in [0, 0.05) is 22.3 Å². The first-order valence-corrected chi connectivity index (χ1v) is 7.27. The monoisotopic (exact) mass is 345 g/mol. The maximum atomic E-state index is 9.53. The average molecular weight is 346 g/mol. The lowest BCUT2D eigenvalue weighted by atomic mass is 10.1. The molecule has 0 spiro atoms. The number of aryl methyl sites for hydroxylation is 1. The fraction of sp³-hybridized carbons (Fsp3) is 0.176. The molecule has 2 aromatic rings. The molecule has 0 heterocycles. The predicted octanol–water partition coefficient (Wildman–Crippen LogP) is 4.09. The molecular weight excluding hydrogens is 330 g/mol. The Bertz CT molecular complexity index is 677. The molecular formula is C17H16BrNO2. The Morgan fingerprint density at radius 1 is 1.29 bits per heavy atom. The summed E-state index contributed by atoms with van der Waals surface area (Å²) in [4.78, 5) is 0. The van der Waals surface area contributed by atoms with Crippen molar-refractivity contribution in [1.29, 1.82) is 0 Å². The zero-order valence-electron chi connectivity index (χ0n) is 11.7. The van der Waals surface area contributed by atoms with Gasteiger partial charge >= 0.3 is 0 Å². The fourth-order valence-corrected chi connectivity index (χ4v) is 2.32. The maximum Gasteiger partial charge on any atom is 0.148 e. The number of rotatable bonds is 5. The summed E-state index contributed by atoms with van der Waals surface area (Å²) in [7, 11) is 0. The molecule has 0 bridgehead atoms. The minimum atomic E-state index is 0.243. The van der Waals surface area contributed by atoms with Crippen LogP contribution in [0.1, 0.15) is 11.1 Å². The molecule has 21 heavy (non-hydrogen) atoms. The second kappa shape index (κ2) is 7.05. The van der Waals surface area contributed by atoms with E-state index < -0.39 is 0 Å². The van der Waals surface area contributed by atoms with E-state index in [1.807, 2.05) is 37.3 Å². The van der Waals surface area contributed by atoms with E-state index in [1.54, 1.807) is 6.07 Å². The van der Waals surface area contributed by atoms with Gasteiger partial charge in [0.15, 0.2) is 0 Å². The van der Waals surface area contributed by atoms with Crippen molar-refractivity contribution >= 4 is 21.6 Å². The summed E-state index contributed by atoms with van der Waals surface area (Å²) in [5.74, 6) is 3.52. The van der Waals surface area contributed by atoms with Gasteiger partial charge in [-0.15, -0.1) is 6.42 Å². The van der Waals surface area contributed by atoms with Crippen LogP contribution >= 0.6 is 15.9 Å². The molecule has 2 N–H and O–H groups in total. The smallest absolute Gasteiger partial charge is 0.148 e. The van der Waals surface area contributed by atoms with E-state index in [9.17, 15) is 5.11 Å². The van der Waals surface area contributed by atoms with Gasteiger partial charge in [-0.25, -0.2) is 0 Å². The topological polar surface area (TPSA) is 41.5 Å². The van der Waals surface area contributed by atoms with Gasteiger partial charge in [-0.2, -0.15) is 0 Å². The highest BCUT2D eigenvalue weighted by Gasteiger charge is 2.05. The molecule has 0 unspecified atom stereocenters. The third-order valence-corrected chi connectivity index (χ3v) is 3.51. The molecule has 0 fully saturated rings. The molecule has 2 aromatic carbocycles. The van der Waals surface area contributed by atoms with Crippen LogP contribution in [0.2, 0.25) is 0 Å². The van der Waals surface area contributed by atoms with Gasteiger partial charge in [-0.05, 0) is 48.9 Å².